The molecular weight excluding hydrogens is 256 g/mol. The molecule has 0 saturated heterocycles. The van der Waals surface area contributed by atoms with Crippen LogP contribution in [0.4, 0.5) is 5.69 Å². The predicted octanol–water partition coefficient (Wildman–Crippen LogP) is 4.48. The lowest BCUT2D eigenvalue weighted by Crippen LogP contribution is -2.31. The highest BCUT2D eigenvalue weighted by atomic mass is 35.5. The second-order valence-electron chi connectivity index (χ2n) is 6.19. The summed E-state index contributed by atoms with van der Waals surface area (Å²) in [5.74, 6) is 1.23. The number of halogens is 1. The molecule has 0 saturated carbocycles. The fourth-order valence-corrected chi connectivity index (χ4v) is 2.52. The molecule has 0 fully saturated rings. The maximum absolute atomic E-state index is 6.44. The van der Waals surface area contributed by atoms with E-state index in [4.69, 9.17) is 17.3 Å². The minimum atomic E-state index is 0.0233. The average Bonchev–Trinajstić information content (AvgIpc) is 2.26. The van der Waals surface area contributed by atoms with Crippen molar-refractivity contribution >= 4 is 17.3 Å². The summed E-state index contributed by atoms with van der Waals surface area (Å²) in [6, 6.07) is 6.20. The number of anilines is 1. The monoisotopic (exact) mass is 282 g/mol. The molecule has 1 aromatic carbocycles. The fraction of sp³-hybridized carbons (Fsp3) is 0.625. The first kappa shape index (κ1) is 16.3. The molecule has 0 aliphatic heterocycles. The van der Waals surface area contributed by atoms with Crippen molar-refractivity contribution in [1.82, 2.24) is 0 Å². The number of rotatable bonds is 6. The molecule has 2 nitrogen and oxygen atoms in total. The van der Waals surface area contributed by atoms with Gasteiger partial charge in [0.2, 0.25) is 0 Å². The molecule has 0 heterocycles. The Morgan fingerprint density at radius 1 is 1.05 bits per heavy atom. The van der Waals surface area contributed by atoms with Gasteiger partial charge in [-0.05, 0) is 36.5 Å². The van der Waals surface area contributed by atoms with Gasteiger partial charge in [0.15, 0.2) is 0 Å². The zero-order chi connectivity index (χ0) is 14.6. The first-order valence-corrected chi connectivity index (χ1v) is 7.49. The molecule has 0 radical (unpaired) electrons. The van der Waals surface area contributed by atoms with Gasteiger partial charge in [0.05, 0.1) is 10.7 Å². The number of hydrogen-bond acceptors (Lipinski definition) is 2. The fourth-order valence-electron chi connectivity index (χ4n) is 2.22. The number of benzene rings is 1. The van der Waals surface area contributed by atoms with Crippen molar-refractivity contribution in [2.24, 2.45) is 17.6 Å². The van der Waals surface area contributed by atoms with Crippen LogP contribution in [0.15, 0.2) is 18.2 Å². The quantitative estimate of drug-likeness (QED) is 0.834. The van der Waals surface area contributed by atoms with Crippen molar-refractivity contribution in [2.45, 2.75) is 40.7 Å². The molecule has 1 aromatic rings. The Bertz CT molecular complexity index is 390. The standard InChI is InChI=1S/C16H27ClN2/c1-11(2)9-19(10-12(3)4)16-7-6-14(13(5)18)8-15(16)17/h6-8,11-13H,9-10,18H2,1-5H3/t13-/m1/s1. The Balaban J connectivity index is 3.01. The van der Waals surface area contributed by atoms with Gasteiger partial charge in [-0.3, -0.25) is 0 Å². The molecule has 0 aliphatic rings. The molecule has 0 spiro atoms. The van der Waals surface area contributed by atoms with Crippen LogP contribution in [0, 0.1) is 11.8 Å². The molecule has 2 N–H and O–H groups in total. The summed E-state index contributed by atoms with van der Waals surface area (Å²) >= 11 is 6.44. The summed E-state index contributed by atoms with van der Waals surface area (Å²) in [4.78, 5) is 2.38. The van der Waals surface area contributed by atoms with Crippen LogP contribution in [0.1, 0.15) is 46.2 Å². The summed E-state index contributed by atoms with van der Waals surface area (Å²) in [6.45, 7) is 13.0. The highest BCUT2D eigenvalue weighted by Crippen LogP contribution is 2.29. The molecule has 3 heteroatoms. The summed E-state index contributed by atoms with van der Waals surface area (Å²) < 4.78 is 0. The molecule has 0 aliphatic carbocycles. The maximum Gasteiger partial charge on any atom is 0.0642 e. The molecule has 1 atom stereocenters. The van der Waals surface area contributed by atoms with Gasteiger partial charge in [-0.15, -0.1) is 0 Å². The summed E-state index contributed by atoms with van der Waals surface area (Å²) in [5.41, 5.74) is 8.10. The minimum absolute atomic E-state index is 0.0233. The van der Waals surface area contributed by atoms with E-state index in [-0.39, 0.29) is 6.04 Å². The molecule has 0 amide bonds. The van der Waals surface area contributed by atoms with Gasteiger partial charge in [-0.25, -0.2) is 0 Å². The van der Waals surface area contributed by atoms with Crippen molar-refractivity contribution in [1.29, 1.82) is 0 Å². The normalized spacial score (nSPS) is 13.1. The van der Waals surface area contributed by atoms with Gasteiger partial charge in [-0.2, -0.15) is 0 Å². The summed E-state index contributed by atoms with van der Waals surface area (Å²) in [6.07, 6.45) is 0. The Labute approximate surface area is 122 Å². The third-order valence-corrected chi connectivity index (χ3v) is 3.31. The van der Waals surface area contributed by atoms with Gasteiger partial charge < -0.3 is 10.6 Å². The van der Waals surface area contributed by atoms with E-state index >= 15 is 0 Å². The van der Waals surface area contributed by atoms with Gasteiger partial charge in [-0.1, -0.05) is 45.4 Å². The smallest absolute Gasteiger partial charge is 0.0642 e. The second-order valence-corrected chi connectivity index (χ2v) is 6.60. The van der Waals surface area contributed by atoms with E-state index < -0.39 is 0 Å². The van der Waals surface area contributed by atoms with E-state index in [9.17, 15) is 0 Å². The van der Waals surface area contributed by atoms with Crippen LogP contribution in [0.5, 0.6) is 0 Å². The van der Waals surface area contributed by atoms with E-state index in [1.807, 2.05) is 13.0 Å². The summed E-state index contributed by atoms with van der Waals surface area (Å²) in [7, 11) is 0. The molecule has 0 aromatic heterocycles. The van der Waals surface area contributed by atoms with Crippen LogP contribution in [-0.2, 0) is 0 Å². The highest BCUT2D eigenvalue weighted by Gasteiger charge is 2.14. The molecular formula is C16H27ClN2. The van der Waals surface area contributed by atoms with Crippen LogP contribution in [0.25, 0.3) is 0 Å². The third kappa shape index (κ3) is 5.04. The van der Waals surface area contributed by atoms with Crippen LogP contribution in [0.3, 0.4) is 0 Å². The van der Waals surface area contributed by atoms with Crippen LogP contribution in [-0.4, -0.2) is 13.1 Å². The average molecular weight is 283 g/mol. The lowest BCUT2D eigenvalue weighted by Gasteiger charge is -2.29. The Morgan fingerprint density at radius 3 is 1.95 bits per heavy atom. The van der Waals surface area contributed by atoms with Gasteiger partial charge >= 0.3 is 0 Å². The minimum Gasteiger partial charge on any atom is -0.370 e. The number of nitrogens with two attached hydrogens (primary N) is 1. The zero-order valence-electron chi connectivity index (χ0n) is 12.8. The van der Waals surface area contributed by atoms with E-state index in [2.05, 4.69) is 44.7 Å². The van der Waals surface area contributed by atoms with E-state index in [1.54, 1.807) is 0 Å². The summed E-state index contributed by atoms with van der Waals surface area (Å²) in [5, 5.41) is 0.802. The molecule has 1 rings (SSSR count). The highest BCUT2D eigenvalue weighted by molar-refractivity contribution is 6.33. The number of hydrogen-bond donors (Lipinski definition) is 1. The largest absolute Gasteiger partial charge is 0.370 e. The van der Waals surface area contributed by atoms with Crippen LogP contribution in [0.2, 0.25) is 5.02 Å². The first-order chi connectivity index (χ1) is 8.81. The van der Waals surface area contributed by atoms with Crippen molar-refractivity contribution in [2.75, 3.05) is 18.0 Å². The van der Waals surface area contributed by atoms with E-state index in [1.165, 1.54) is 0 Å². The van der Waals surface area contributed by atoms with Crippen LogP contribution < -0.4 is 10.6 Å². The van der Waals surface area contributed by atoms with Gasteiger partial charge in [0.25, 0.3) is 0 Å². The third-order valence-electron chi connectivity index (χ3n) is 3.01. The van der Waals surface area contributed by atoms with Crippen molar-refractivity contribution in [3.05, 3.63) is 28.8 Å². The van der Waals surface area contributed by atoms with E-state index in [0.29, 0.717) is 11.8 Å². The predicted molar refractivity (Wildman–Crippen MR) is 85.9 cm³/mol. The van der Waals surface area contributed by atoms with Crippen molar-refractivity contribution < 1.29 is 0 Å². The molecule has 19 heavy (non-hydrogen) atoms. The van der Waals surface area contributed by atoms with Gasteiger partial charge in [0.1, 0.15) is 0 Å². The lowest BCUT2D eigenvalue weighted by atomic mass is 10.1. The second kappa shape index (κ2) is 7.16. The van der Waals surface area contributed by atoms with Crippen molar-refractivity contribution in [3.8, 4) is 0 Å². The molecule has 108 valence electrons. The SMILES string of the molecule is CC(C)CN(CC(C)C)c1ccc([C@@H](C)N)cc1Cl. The Morgan fingerprint density at radius 2 is 1.58 bits per heavy atom. The Kier molecular flexibility index (Phi) is 6.15. The van der Waals surface area contributed by atoms with E-state index in [0.717, 1.165) is 29.4 Å². The topological polar surface area (TPSA) is 29.3 Å². The Hall–Kier alpha value is -0.730. The number of nitrogens with zero attached hydrogens (tertiary/aromatic N) is 1. The first-order valence-electron chi connectivity index (χ1n) is 7.11. The zero-order valence-corrected chi connectivity index (χ0v) is 13.5. The lowest BCUT2D eigenvalue weighted by molar-refractivity contribution is 0.552. The molecule has 0 bridgehead atoms. The van der Waals surface area contributed by atoms with Crippen molar-refractivity contribution in [3.63, 3.8) is 0 Å². The molecule has 0 unspecified atom stereocenters. The maximum atomic E-state index is 6.44. The van der Waals surface area contributed by atoms with Gasteiger partial charge in [0, 0.05) is 19.1 Å². The van der Waals surface area contributed by atoms with Crippen LogP contribution >= 0.6 is 11.6 Å².